The van der Waals surface area contributed by atoms with Crippen molar-refractivity contribution in [3.63, 3.8) is 0 Å². The summed E-state index contributed by atoms with van der Waals surface area (Å²) < 4.78 is 11.1. The molecule has 0 unspecified atom stereocenters. The predicted octanol–water partition coefficient (Wildman–Crippen LogP) is 11.3. The highest BCUT2D eigenvalue weighted by Crippen LogP contribution is 2.39. The Morgan fingerprint density at radius 3 is 1.92 bits per heavy atom. The first kappa shape index (κ1) is 27.4. The summed E-state index contributed by atoms with van der Waals surface area (Å²) >= 11 is 0. The smallest absolute Gasteiger partial charge is 0.145 e. The Labute approximate surface area is 281 Å². The maximum atomic E-state index is 6.64. The zero-order valence-electron chi connectivity index (χ0n) is 26.4. The van der Waals surface area contributed by atoms with E-state index in [9.17, 15) is 0 Å². The summed E-state index contributed by atoms with van der Waals surface area (Å²) in [6, 6.07) is 54.8. The van der Waals surface area contributed by atoms with E-state index in [0.717, 1.165) is 72.3 Å². The van der Waals surface area contributed by atoms with Crippen LogP contribution in [-0.4, -0.2) is 18.9 Å². The molecule has 0 aliphatic heterocycles. The minimum atomic E-state index is 0.749. The minimum Gasteiger partial charge on any atom is -0.457 e. The second kappa shape index (κ2) is 10.9. The fourth-order valence-electron chi connectivity index (χ4n) is 7.24. The number of pyridine rings is 2. The molecule has 10 aromatic rings. The largest absolute Gasteiger partial charge is 0.457 e. The van der Waals surface area contributed by atoms with Gasteiger partial charge in [0.25, 0.3) is 0 Å². The average Bonchev–Trinajstić information content (AvgIpc) is 3.76. The SMILES string of the molecule is c1ccc(-c2ccc3c4ccc(Oc5ccc6c7ccccc7n(-c7ccccn7)c6c5)cc4c4ncc(-c5ccccc5)n4c3c2)cc1. The van der Waals surface area contributed by atoms with Gasteiger partial charge in [0.1, 0.15) is 23.0 Å². The van der Waals surface area contributed by atoms with Gasteiger partial charge < -0.3 is 4.74 Å². The Morgan fingerprint density at radius 2 is 1.10 bits per heavy atom. The lowest BCUT2D eigenvalue weighted by Gasteiger charge is -2.14. The van der Waals surface area contributed by atoms with E-state index < -0.39 is 0 Å². The zero-order valence-corrected chi connectivity index (χ0v) is 26.4. The number of rotatable bonds is 5. The molecule has 4 heterocycles. The monoisotopic (exact) mass is 628 g/mol. The van der Waals surface area contributed by atoms with E-state index in [4.69, 9.17) is 9.72 Å². The number of aromatic nitrogens is 4. The molecule has 0 radical (unpaired) electrons. The maximum absolute atomic E-state index is 6.64. The van der Waals surface area contributed by atoms with Crippen LogP contribution in [0.25, 0.3) is 77.3 Å². The third-order valence-corrected chi connectivity index (χ3v) is 9.46. The third-order valence-electron chi connectivity index (χ3n) is 9.46. The van der Waals surface area contributed by atoms with Gasteiger partial charge in [0, 0.05) is 39.4 Å². The van der Waals surface area contributed by atoms with Gasteiger partial charge in [-0.3, -0.25) is 8.97 Å². The van der Waals surface area contributed by atoms with Crippen LogP contribution in [0.3, 0.4) is 0 Å². The molecule has 49 heavy (non-hydrogen) atoms. The van der Waals surface area contributed by atoms with Gasteiger partial charge in [-0.25, -0.2) is 9.97 Å². The van der Waals surface area contributed by atoms with Crippen molar-refractivity contribution in [2.75, 3.05) is 0 Å². The van der Waals surface area contributed by atoms with Crippen molar-refractivity contribution < 1.29 is 4.74 Å². The summed E-state index contributed by atoms with van der Waals surface area (Å²) in [6.45, 7) is 0. The number of nitrogens with zero attached hydrogens (tertiary/aromatic N) is 4. The van der Waals surface area contributed by atoms with Gasteiger partial charge in [-0.2, -0.15) is 0 Å². The molecule has 0 saturated heterocycles. The van der Waals surface area contributed by atoms with E-state index >= 15 is 0 Å². The summed E-state index contributed by atoms with van der Waals surface area (Å²) in [6.07, 6.45) is 3.81. The molecule has 6 aromatic carbocycles. The van der Waals surface area contributed by atoms with Crippen molar-refractivity contribution >= 4 is 49.1 Å². The first-order valence-corrected chi connectivity index (χ1v) is 16.4. The predicted molar refractivity (Wildman–Crippen MR) is 200 cm³/mol. The summed E-state index contributed by atoms with van der Waals surface area (Å²) in [5.41, 5.74) is 8.67. The fourth-order valence-corrected chi connectivity index (χ4v) is 7.24. The third kappa shape index (κ3) is 4.40. The number of benzene rings is 6. The van der Waals surface area contributed by atoms with Crippen LogP contribution in [0.2, 0.25) is 0 Å². The lowest BCUT2D eigenvalue weighted by Crippen LogP contribution is -1.96. The Bertz CT molecular complexity index is 2840. The highest BCUT2D eigenvalue weighted by Gasteiger charge is 2.17. The van der Waals surface area contributed by atoms with E-state index in [0.29, 0.717) is 0 Å². The molecule has 0 N–H and O–H groups in total. The molecule has 0 fully saturated rings. The second-order valence-electron chi connectivity index (χ2n) is 12.3. The van der Waals surface area contributed by atoms with Gasteiger partial charge in [0.2, 0.25) is 0 Å². The number of imidazole rings is 1. The van der Waals surface area contributed by atoms with Gasteiger partial charge in [-0.15, -0.1) is 0 Å². The molecule has 0 aliphatic carbocycles. The fraction of sp³-hybridized carbons (Fsp3) is 0. The van der Waals surface area contributed by atoms with Crippen LogP contribution >= 0.6 is 0 Å². The first-order chi connectivity index (χ1) is 24.3. The number of hydrogen-bond acceptors (Lipinski definition) is 3. The lowest BCUT2D eigenvalue weighted by atomic mass is 10.00. The van der Waals surface area contributed by atoms with Crippen molar-refractivity contribution in [3.05, 3.63) is 170 Å². The van der Waals surface area contributed by atoms with Crippen LogP contribution in [0.1, 0.15) is 0 Å². The van der Waals surface area contributed by atoms with Gasteiger partial charge in [0.15, 0.2) is 0 Å². The number of ether oxygens (including phenoxy) is 1. The molecule has 230 valence electrons. The molecular formula is C44H28N4O. The summed E-state index contributed by atoms with van der Waals surface area (Å²) in [4.78, 5) is 9.71. The number of hydrogen-bond donors (Lipinski definition) is 0. The quantitative estimate of drug-likeness (QED) is 0.178. The molecule has 0 amide bonds. The van der Waals surface area contributed by atoms with Crippen molar-refractivity contribution in [1.29, 1.82) is 0 Å². The van der Waals surface area contributed by atoms with Crippen molar-refractivity contribution in [2.24, 2.45) is 0 Å². The van der Waals surface area contributed by atoms with Crippen LogP contribution in [-0.2, 0) is 0 Å². The molecule has 0 saturated carbocycles. The normalized spacial score (nSPS) is 11.7. The second-order valence-corrected chi connectivity index (χ2v) is 12.3. The van der Waals surface area contributed by atoms with Crippen LogP contribution in [0.4, 0.5) is 0 Å². The Morgan fingerprint density at radius 1 is 0.429 bits per heavy atom. The van der Waals surface area contributed by atoms with E-state index in [1.807, 2.05) is 42.7 Å². The van der Waals surface area contributed by atoms with E-state index in [2.05, 4.69) is 141 Å². The Kier molecular flexibility index (Phi) is 6.11. The summed E-state index contributed by atoms with van der Waals surface area (Å²) in [7, 11) is 0. The molecule has 0 bridgehead atoms. The standard InChI is InChI=1S/C44H28N4O/c1-3-11-29(12-4-1)31-18-21-36-34-22-19-32(26-38(34)44-46-28-42(48(44)40(36)25-31)30-13-5-2-6-14-30)49-33-20-23-37-35-15-7-8-16-39(35)47(41(37)27-33)43-17-9-10-24-45-43/h1-28H. The van der Waals surface area contributed by atoms with Crippen LogP contribution in [0.15, 0.2) is 170 Å². The van der Waals surface area contributed by atoms with E-state index in [-0.39, 0.29) is 0 Å². The van der Waals surface area contributed by atoms with Gasteiger partial charge in [-0.1, -0.05) is 97.1 Å². The molecule has 5 heteroatoms. The molecule has 0 spiro atoms. The van der Waals surface area contributed by atoms with Crippen molar-refractivity contribution in [3.8, 4) is 39.7 Å². The maximum Gasteiger partial charge on any atom is 0.145 e. The molecule has 10 rings (SSSR count). The van der Waals surface area contributed by atoms with E-state index in [1.165, 1.54) is 16.5 Å². The lowest BCUT2D eigenvalue weighted by molar-refractivity contribution is 0.484. The zero-order chi connectivity index (χ0) is 32.3. The van der Waals surface area contributed by atoms with Crippen LogP contribution < -0.4 is 4.74 Å². The molecular weight excluding hydrogens is 601 g/mol. The van der Waals surface area contributed by atoms with Crippen LogP contribution in [0.5, 0.6) is 11.5 Å². The molecule has 0 atom stereocenters. The first-order valence-electron chi connectivity index (χ1n) is 16.4. The minimum absolute atomic E-state index is 0.749. The topological polar surface area (TPSA) is 44.3 Å². The average molecular weight is 629 g/mol. The van der Waals surface area contributed by atoms with Gasteiger partial charge in [0.05, 0.1) is 28.4 Å². The number of fused-ring (bicyclic) bond motifs is 9. The highest BCUT2D eigenvalue weighted by atomic mass is 16.5. The summed E-state index contributed by atoms with van der Waals surface area (Å²) in [5, 5.41) is 5.65. The molecule has 0 aliphatic rings. The molecule has 5 nitrogen and oxygen atoms in total. The van der Waals surface area contributed by atoms with Crippen molar-refractivity contribution in [1.82, 2.24) is 18.9 Å². The Hall–Kier alpha value is -6.72. The highest BCUT2D eigenvalue weighted by molar-refractivity contribution is 6.13. The Balaban J connectivity index is 1.15. The molecule has 4 aromatic heterocycles. The summed E-state index contributed by atoms with van der Waals surface area (Å²) in [5.74, 6) is 2.37. The van der Waals surface area contributed by atoms with E-state index in [1.54, 1.807) is 0 Å². The number of para-hydroxylation sites is 1. The van der Waals surface area contributed by atoms with Crippen molar-refractivity contribution in [2.45, 2.75) is 0 Å². The van der Waals surface area contributed by atoms with Crippen LogP contribution in [0, 0.1) is 0 Å². The van der Waals surface area contributed by atoms with Gasteiger partial charge >= 0.3 is 0 Å². The van der Waals surface area contributed by atoms with Gasteiger partial charge in [-0.05, 0) is 71.1 Å².